The molecule has 0 aromatic heterocycles. The Morgan fingerprint density at radius 2 is 1.87 bits per heavy atom. The van der Waals surface area contributed by atoms with Crippen molar-refractivity contribution >= 4 is 5.96 Å². The highest BCUT2D eigenvalue weighted by Crippen LogP contribution is 2.15. The maximum absolute atomic E-state index is 12.2. The van der Waals surface area contributed by atoms with Crippen LogP contribution in [0, 0.1) is 0 Å². The van der Waals surface area contributed by atoms with Crippen LogP contribution in [0.1, 0.15) is 18.9 Å². The quantitative estimate of drug-likeness (QED) is 0.437. The molecular formula is C16H25F3N4. The zero-order chi connectivity index (χ0) is 17.1. The van der Waals surface area contributed by atoms with E-state index in [-0.39, 0.29) is 0 Å². The highest BCUT2D eigenvalue weighted by atomic mass is 19.4. The molecule has 1 rings (SSSR count). The van der Waals surface area contributed by atoms with E-state index in [4.69, 9.17) is 0 Å². The molecule has 0 fully saturated rings. The van der Waals surface area contributed by atoms with E-state index >= 15 is 0 Å². The molecule has 7 heteroatoms. The third kappa shape index (κ3) is 9.78. The summed E-state index contributed by atoms with van der Waals surface area (Å²) >= 11 is 0. The number of alkyl halides is 3. The molecule has 0 radical (unpaired) electrons. The lowest BCUT2D eigenvalue weighted by Gasteiger charge is -2.18. The lowest BCUT2D eigenvalue weighted by molar-refractivity contribution is -0.143. The molecule has 0 aliphatic rings. The lowest BCUT2D eigenvalue weighted by Crippen LogP contribution is -2.39. The van der Waals surface area contributed by atoms with Gasteiger partial charge in [0.25, 0.3) is 0 Å². The molecule has 0 aliphatic heterocycles. The van der Waals surface area contributed by atoms with Crippen LogP contribution < -0.4 is 10.6 Å². The smallest absolute Gasteiger partial charge is 0.357 e. The summed E-state index contributed by atoms with van der Waals surface area (Å²) in [6.45, 7) is 3.33. The summed E-state index contributed by atoms with van der Waals surface area (Å²) in [6.07, 6.45) is -3.53. The first kappa shape index (κ1) is 19.3. The Kier molecular flexibility index (Phi) is 8.47. The third-order valence-corrected chi connectivity index (χ3v) is 3.07. The largest absolute Gasteiger partial charge is 0.401 e. The van der Waals surface area contributed by atoms with E-state index in [0.717, 1.165) is 12.1 Å². The number of rotatable bonds is 8. The Labute approximate surface area is 135 Å². The Balaban J connectivity index is 2.33. The molecule has 4 nitrogen and oxygen atoms in total. The first-order valence-corrected chi connectivity index (χ1v) is 7.72. The average molecular weight is 330 g/mol. The molecule has 2 N–H and O–H groups in total. The van der Waals surface area contributed by atoms with Crippen molar-refractivity contribution in [1.29, 1.82) is 0 Å². The number of aliphatic imine (C=N–C) groups is 1. The number of nitrogens with one attached hydrogen (secondary N) is 2. The van der Waals surface area contributed by atoms with E-state index in [1.54, 1.807) is 0 Å². The second-order valence-corrected chi connectivity index (χ2v) is 5.31. The zero-order valence-electron chi connectivity index (χ0n) is 13.7. The summed E-state index contributed by atoms with van der Waals surface area (Å²) in [7, 11) is 1.47. The minimum atomic E-state index is -4.14. The molecule has 0 aliphatic carbocycles. The topological polar surface area (TPSA) is 39.7 Å². The van der Waals surface area contributed by atoms with Gasteiger partial charge >= 0.3 is 6.18 Å². The van der Waals surface area contributed by atoms with E-state index in [1.165, 1.54) is 11.9 Å². The van der Waals surface area contributed by atoms with Crippen LogP contribution in [0.3, 0.4) is 0 Å². The van der Waals surface area contributed by atoms with E-state index in [9.17, 15) is 13.2 Å². The molecule has 0 heterocycles. The predicted octanol–water partition coefficient (Wildman–Crippen LogP) is 2.63. The van der Waals surface area contributed by atoms with Gasteiger partial charge in [0.15, 0.2) is 5.96 Å². The van der Waals surface area contributed by atoms with Crippen LogP contribution in [0.2, 0.25) is 0 Å². The van der Waals surface area contributed by atoms with Gasteiger partial charge < -0.3 is 10.6 Å². The molecule has 0 amide bonds. The predicted molar refractivity (Wildman–Crippen MR) is 87.4 cm³/mol. The molecule has 1 aromatic carbocycles. The molecule has 1 aromatic rings. The van der Waals surface area contributed by atoms with Crippen LogP contribution in [0.15, 0.2) is 35.3 Å². The van der Waals surface area contributed by atoms with Crippen LogP contribution in [-0.2, 0) is 6.54 Å². The molecule has 0 atom stereocenters. The summed E-state index contributed by atoms with van der Waals surface area (Å²) < 4.78 is 36.7. The third-order valence-electron chi connectivity index (χ3n) is 3.07. The van der Waals surface area contributed by atoms with Crippen LogP contribution in [0.25, 0.3) is 0 Å². The number of nitrogens with zero attached hydrogens (tertiary/aromatic N) is 2. The van der Waals surface area contributed by atoms with E-state index in [1.807, 2.05) is 37.3 Å². The minimum absolute atomic E-state index is 0.380. The van der Waals surface area contributed by atoms with Gasteiger partial charge in [0.2, 0.25) is 0 Å². The number of hydrogen-bond donors (Lipinski definition) is 2. The van der Waals surface area contributed by atoms with E-state index in [2.05, 4.69) is 15.6 Å². The minimum Gasteiger partial charge on any atom is -0.357 e. The van der Waals surface area contributed by atoms with Gasteiger partial charge in [0.1, 0.15) is 0 Å². The standard InChI is InChI=1S/C16H25F3N4/c1-3-20-15(22-12-14-8-5-4-6-9-14)21-10-7-11-23(2)13-16(17,18)19/h4-6,8-9H,3,7,10-13H2,1-2H3,(H2,20,21,22). The molecule has 0 saturated carbocycles. The Hall–Kier alpha value is -1.76. The first-order chi connectivity index (χ1) is 10.9. The van der Waals surface area contributed by atoms with Gasteiger partial charge in [-0.2, -0.15) is 13.2 Å². The number of guanidine groups is 1. The van der Waals surface area contributed by atoms with Gasteiger partial charge in [0.05, 0.1) is 13.1 Å². The van der Waals surface area contributed by atoms with E-state index in [0.29, 0.717) is 32.0 Å². The number of hydrogen-bond acceptors (Lipinski definition) is 2. The van der Waals surface area contributed by atoms with Crippen LogP contribution >= 0.6 is 0 Å². The van der Waals surface area contributed by atoms with Crippen molar-refractivity contribution in [3.05, 3.63) is 35.9 Å². The zero-order valence-corrected chi connectivity index (χ0v) is 13.7. The van der Waals surface area contributed by atoms with Gasteiger partial charge in [-0.3, -0.25) is 4.90 Å². The Bertz CT molecular complexity index is 460. The summed E-state index contributed by atoms with van der Waals surface area (Å²) in [5.74, 6) is 0.676. The fraction of sp³-hybridized carbons (Fsp3) is 0.562. The summed E-state index contributed by atoms with van der Waals surface area (Å²) in [6, 6.07) is 9.87. The molecule has 0 saturated heterocycles. The number of halogens is 3. The van der Waals surface area contributed by atoms with Crippen molar-refractivity contribution < 1.29 is 13.2 Å². The summed E-state index contributed by atoms with van der Waals surface area (Å²) in [4.78, 5) is 5.73. The molecule has 0 bridgehead atoms. The number of benzene rings is 1. The van der Waals surface area contributed by atoms with Gasteiger partial charge in [-0.1, -0.05) is 30.3 Å². The summed E-state index contributed by atoms with van der Waals surface area (Å²) in [5, 5.41) is 6.26. The normalized spacial score (nSPS) is 12.5. The van der Waals surface area contributed by atoms with Crippen LogP contribution in [0.4, 0.5) is 13.2 Å². The van der Waals surface area contributed by atoms with Crippen LogP contribution in [0.5, 0.6) is 0 Å². The maximum atomic E-state index is 12.2. The maximum Gasteiger partial charge on any atom is 0.401 e. The highest BCUT2D eigenvalue weighted by Gasteiger charge is 2.28. The summed E-state index contributed by atoms with van der Waals surface area (Å²) in [5.41, 5.74) is 1.11. The van der Waals surface area contributed by atoms with Gasteiger partial charge in [-0.25, -0.2) is 4.99 Å². The Morgan fingerprint density at radius 1 is 1.17 bits per heavy atom. The second kappa shape index (κ2) is 10.1. The van der Waals surface area contributed by atoms with Crippen molar-refractivity contribution in [2.45, 2.75) is 26.1 Å². The SMILES string of the molecule is CCNC(=NCc1ccccc1)NCCCN(C)CC(F)(F)F. The molecule has 130 valence electrons. The van der Waals surface area contributed by atoms with Crippen molar-refractivity contribution in [2.75, 3.05) is 33.2 Å². The fourth-order valence-electron chi connectivity index (χ4n) is 2.04. The molecular weight excluding hydrogens is 305 g/mol. The van der Waals surface area contributed by atoms with Crippen molar-refractivity contribution in [2.24, 2.45) is 4.99 Å². The van der Waals surface area contributed by atoms with Gasteiger partial charge in [-0.15, -0.1) is 0 Å². The highest BCUT2D eigenvalue weighted by molar-refractivity contribution is 5.79. The van der Waals surface area contributed by atoms with Crippen molar-refractivity contribution in [3.63, 3.8) is 0 Å². The van der Waals surface area contributed by atoms with Crippen LogP contribution in [-0.4, -0.2) is 50.3 Å². The second-order valence-electron chi connectivity index (χ2n) is 5.31. The van der Waals surface area contributed by atoms with Gasteiger partial charge in [-0.05, 0) is 32.5 Å². The molecule has 0 spiro atoms. The molecule has 0 unspecified atom stereocenters. The lowest BCUT2D eigenvalue weighted by atomic mass is 10.2. The van der Waals surface area contributed by atoms with Crippen molar-refractivity contribution in [3.8, 4) is 0 Å². The average Bonchev–Trinajstić information content (AvgIpc) is 2.48. The first-order valence-electron chi connectivity index (χ1n) is 7.72. The monoisotopic (exact) mass is 330 g/mol. The fourth-order valence-corrected chi connectivity index (χ4v) is 2.04. The molecule has 23 heavy (non-hydrogen) atoms. The van der Waals surface area contributed by atoms with Gasteiger partial charge in [0, 0.05) is 13.1 Å². The van der Waals surface area contributed by atoms with Crippen molar-refractivity contribution in [1.82, 2.24) is 15.5 Å². The van der Waals surface area contributed by atoms with E-state index < -0.39 is 12.7 Å². The Morgan fingerprint density at radius 3 is 2.48 bits per heavy atom.